The Hall–Kier alpha value is -3.26. The number of unbranched alkanes of at least 4 members (excludes halogenated alkanes) is 3. The molecule has 8 heteroatoms. The first-order chi connectivity index (χ1) is 16.9. The van der Waals surface area contributed by atoms with Crippen LogP contribution in [0.15, 0.2) is 29.1 Å². The summed E-state index contributed by atoms with van der Waals surface area (Å²) in [5.74, 6) is 1.45. The van der Waals surface area contributed by atoms with Gasteiger partial charge in [-0.05, 0) is 67.1 Å². The van der Waals surface area contributed by atoms with Gasteiger partial charge in [-0.1, -0.05) is 18.9 Å². The van der Waals surface area contributed by atoms with E-state index >= 15 is 0 Å². The number of hydrogen-bond donors (Lipinski definition) is 3. The van der Waals surface area contributed by atoms with Crippen molar-refractivity contribution in [2.45, 2.75) is 51.5 Å². The van der Waals surface area contributed by atoms with Gasteiger partial charge in [-0.25, -0.2) is 0 Å². The van der Waals surface area contributed by atoms with Crippen molar-refractivity contribution in [3.05, 3.63) is 45.6 Å². The number of nitrogens with one attached hydrogen (secondary N) is 2. The van der Waals surface area contributed by atoms with E-state index in [2.05, 4.69) is 10.6 Å². The van der Waals surface area contributed by atoms with Gasteiger partial charge in [0.1, 0.15) is 0 Å². The van der Waals surface area contributed by atoms with Crippen LogP contribution < -0.4 is 36.0 Å². The second kappa shape index (κ2) is 12.4. The molecule has 0 unspecified atom stereocenters. The van der Waals surface area contributed by atoms with E-state index in [4.69, 9.17) is 19.9 Å². The summed E-state index contributed by atoms with van der Waals surface area (Å²) in [6.45, 7) is 2.90. The highest BCUT2D eigenvalue weighted by Crippen LogP contribution is 2.50. The molecule has 1 amide bonds. The number of carbonyl (C=O) groups is 1. The van der Waals surface area contributed by atoms with Crippen molar-refractivity contribution >= 4 is 11.6 Å². The Kier molecular flexibility index (Phi) is 9.37. The maximum atomic E-state index is 13.2. The average molecular weight is 484 g/mol. The molecule has 1 aliphatic rings. The molecule has 0 bridgehead atoms. The molecule has 2 aromatic carbocycles. The molecule has 1 atom stereocenters. The van der Waals surface area contributed by atoms with Crippen molar-refractivity contribution in [2.75, 3.05) is 39.7 Å². The summed E-state index contributed by atoms with van der Waals surface area (Å²) in [5.41, 5.74) is 9.39. The molecule has 0 radical (unpaired) electrons. The second-order valence-corrected chi connectivity index (χ2v) is 8.73. The average Bonchev–Trinajstić information content (AvgIpc) is 3.09. The van der Waals surface area contributed by atoms with Crippen LogP contribution in [0, 0.1) is 0 Å². The number of carbonyl (C=O) groups excluding carboxylic acids is 1. The third-order valence-corrected chi connectivity index (χ3v) is 6.36. The third kappa shape index (κ3) is 6.06. The van der Waals surface area contributed by atoms with Crippen LogP contribution in [0.5, 0.6) is 17.2 Å². The highest BCUT2D eigenvalue weighted by atomic mass is 16.5. The van der Waals surface area contributed by atoms with Gasteiger partial charge in [-0.15, -0.1) is 0 Å². The molecule has 0 fully saturated rings. The van der Waals surface area contributed by atoms with E-state index in [1.807, 2.05) is 18.2 Å². The minimum Gasteiger partial charge on any atom is -0.493 e. The number of ether oxygens (including phenoxy) is 3. The van der Waals surface area contributed by atoms with Crippen LogP contribution in [0.4, 0.5) is 5.69 Å². The number of hydrogen-bond acceptors (Lipinski definition) is 7. The lowest BCUT2D eigenvalue weighted by atomic mass is 9.95. The van der Waals surface area contributed by atoms with Crippen molar-refractivity contribution in [3.63, 3.8) is 0 Å². The fraction of sp³-hybridized carbons (Fsp3) is 0.481. The zero-order valence-corrected chi connectivity index (χ0v) is 21.2. The van der Waals surface area contributed by atoms with Crippen molar-refractivity contribution in [3.8, 4) is 28.4 Å². The van der Waals surface area contributed by atoms with E-state index in [9.17, 15) is 9.59 Å². The maximum absolute atomic E-state index is 13.2. The Bertz CT molecular complexity index is 1100. The molecule has 0 saturated carbocycles. The quantitative estimate of drug-likeness (QED) is 0.417. The molecule has 190 valence electrons. The van der Waals surface area contributed by atoms with Gasteiger partial charge in [0.2, 0.25) is 17.1 Å². The molecular formula is C27H37N3O5. The lowest BCUT2D eigenvalue weighted by molar-refractivity contribution is -0.119. The maximum Gasteiger partial charge on any atom is 0.217 e. The first kappa shape index (κ1) is 26.3. The summed E-state index contributed by atoms with van der Waals surface area (Å²) < 4.78 is 17.0. The molecule has 1 aliphatic carbocycles. The largest absolute Gasteiger partial charge is 0.493 e. The van der Waals surface area contributed by atoms with E-state index < -0.39 is 0 Å². The summed E-state index contributed by atoms with van der Waals surface area (Å²) in [7, 11) is 4.75. The molecule has 3 rings (SSSR count). The molecule has 0 aromatic heterocycles. The zero-order chi connectivity index (χ0) is 25.4. The molecule has 0 heterocycles. The van der Waals surface area contributed by atoms with E-state index in [0.29, 0.717) is 48.9 Å². The molecule has 8 nitrogen and oxygen atoms in total. The Morgan fingerprint density at radius 1 is 1.03 bits per heavy atom. The van der Waals surface area contributed by atoms with Gasteiger partial charge >= 0.3 is 0 Å². The monoisotopic (exact) mass is 483 g/mol. The van der Waals surface area contributed by atoms with Crippen molar-refractivity contribution < 1.29 is 19.0 Å². The Morgan fingerprint density at radius 3 is 2.43 bits per heavy atom. The standard InChI is InChI=1S/C27H37N3O5/c1-17(31)30-21-11-9-18-15-24(33-2)26(34-3)27(35-4)25(18)19-10-12-22(23(32)16-20(19)21)29-14-8-6-5-7-13-28/h10,12,15-16,21H,5-9,11,13-14,28H2,1-4H3,(H,29,32)(H,30,31)/t21-/m1/s1. The van der Waals surface area contributed by atoms with Crippen molar-refractivity contribution in [1.29, 1.82) is 0 Å². The predicted molar refractivity (Wildman–Crippen MR) is 139 cm³/mol. The lowest BCUT2D eigenvalue weighted by Gasteiger charge is -2.19. The van der Waals surface area contributed by atoms with Crippen LogP contribution in [0.3, 0.4) is 0 Å². The van der Waals surface area contributed by atoms with E-state index in [0.717, 1.165) is 47.9 Å². The molecule has 35 heavy (non-hydrogen) atoms. The summed E-state index contributed by atoms with van der Waals surface area (Å²) >= 11 is 0. The van der Waals surface area contributed by atoms with Crippen LogP contribution in [-0.2, 0) is 11.2 Å². The van der Waals surface area contributed by atoms with Crippen molar-refractivity contribution in [2.24, 2.45) is 5.73 Å². The SMILES string of the molecule is COc1cc2c(c(OC)c1OC)-c1ccc(NCCCCCCN)c(=O)cc1[C@H](NC(C)=O)CC2. The van der Waals surface area contributed by atoms with Crippen LogP contribution in [-0.4, -0.2) is 40.3 Å². The summed E-state index contributed by atoms with van der Waals surface area (Å²) in [5, 5.41) is 6.32. The number of anilines is 1. The summed E-state index contributed by atoms with van der Waals surface area (Å²) in [6.07, 6.45) is 5.41. The topological polar surface area (TPSA) is 112 Å². The van der Waals surface area contributed by atoms with Crippen LogP contribution in [0.1, 0.15) is 56.2 Å². The van der Waals surface area contributed by atoms with Gasteiger partial charge in [-0.3, -0.25) is 9.59 Å². The van der Waals surface area contributed by atoms with Crippen LogP contribution in [0.25, 0.3) is 11.1 Å². The fourth-order valence-electron chi connectivity index (χ4n) is 4.70. The van der Waals surface area contributed by atoms with E-state index in [-0.39, 0.29) is 17.4 Å². The number of amides is 1. The van der Waals surface area contributed by atoms with Crippen molar-refractivity contribution in [1.82, 2.24) is 5.32 Å². The highest BCUT2D eigenvalue weighted by Gasteiger charge is 2.29. The molecule has 0 spiro atoms. The molecule has 0 aliphatic heterocycles. The zero-order valence-electron chi connectivity index (χ0n) is 21.2. The van der Waals surface area contributed by atoms with Crippen LogP contribution in [0.2, 0.25) is 0 Å². The first-order valence-electron chi connectivity index (χ1n) is 12.2. The van der Waals surface area contributed by atoms with Gasteiger partial charge in [0.25, 0.3) is 0 Å². The number of methoxy groups -OCH3 is 3. The fourth-order valence-corrected chi connectivity index (χ4v) is 4.70. The molecule has 4 N–H and O–H groups in total. The minimum absolute atomic E-state index is 0.119. The minimum atomic E-state index is -0.319. The van der Waals surface area contributed by atoms with Gasteiger partial charge in [0, 0.05) is 19.0 Å². The molecule has 2 aromatic rings. The van der Waals surface area contributed by atoms with Gasteiger partial charge in [-0.2, -0.15) is 0 Å². The Labute approximate surface area is 207 Å². The lowest BCUT2D eigenvalue weighted by Crippen LogP contribution is -2.26. The number of nitrogens with two attached hydrogens (primary N) is 1. The summed E-state index contributed by atoms with van der Waals surface area (Å²) in [4.78, 5) is 25.3. The third-order valence-electron chi connectivity index (χ3n) is 6.36. The number of benzene rings is 1. The Balaban J connectivity index is 2.12. The normalized spacial score (nSPS) is 14.3. The number of rotatable bonds is 11. The number of aryl methyl sites for hydroxylation is 1. The number of fused-ring (bicyclic) bond motifs is 3. The van der Waals surface area contributed by atoms with Crippen LogP contribution >= 0.6 is 0 Å². The molecule has 0 saturated heterocycles. The summed E-state index contributed by atoms with van der Waals surface area (Å²) in [6, 6.07) is 7.01. The smallest absolute Gasteiger partial charge is 0.217 e. The first-order valence-corrected chi connectivity index (χ1v) is 12.2. The predicted octanol–water partition coefficient (Wildman–Crippen LogP) is 3.79. The molecular weight excluding hydrogens is 446 g/mol. The highest BCUT2D eigenvalue weighted by molar-refractivity contribution is 5.83. The Morgan fingerprint density at radius 2 is 1.77 bits per heavy atom. The second-order valence-electron chi connectivity index (χ2n) is 8.73. The van der Waals surface area contributed by atoms with E-state index in [1.165, 1.54) is 6.92 Å². The van der Waals surface area contributed by atoms with E-state index in [1.54, 1.807) is 27.4 Å². The van der Waals surface area contributed by atoms with Gasteiger partial charge in [0.05, 0.1) is 33.1 Å². The van der Waals surface area contributed by atoms with Gasteiger partial charge in [0.15, 0.2) is 11.5 Å². The van der Waals surface area contributed by atoms with Gasteiger partial charge < -0.3 is 30.6 Å².